The molecule has 0 bridgehead atoms. The van der Waals surface area contributed by atoms with Crippen molar-refractivity contribution in [3.05, 3.63) is 82.7 Å². The number of allylic oxidation sites excluding steroid dienone is 3. The number of nitrogens with two attached hydrogens (primary N) is 1. The molecule has 38 heavy (non-hydrogen) atoms. The van der Waals surface area contributed by atoms with E-state index in [0.717, 1.165) is 43.6 Å². The molecule has 9 heteroatoms. The number of aliphatic imine (C=N–C) groups is 1. The van der Waals surface area contributed by atoms with Gasteiger partial charge < -0.3 is 20.4 Å². The highest BCUT2D eigenvalue weighted by Crippen LogP contribution is 2.20. The van der Waals surface area contributed by atoms with Crippen LogP contribution in [0.15, 0.2) is 81.0 Å². The third-order valence-corrected chi connectivity index (χ3v) is 6.07. The van der Waals surface area contributed by atoms with Crippen LogP contribution in [0.25, 0.3) is 11.1 Å². The molecule has 1 aromatic heterocycles. The summed E-state index contributed by atoms with van der Waals surface area (Å²) in [7, 11) is 0. The van der Waals surface area contributed by atoms with Crippen molar-refractivity contribution >= 4 is 34.6 Å². The quantitative estimate of drug-likeness (QED) is 0.334. The number of fused-ring (bicyclic) bond motifs is 1. The fraction of sp³-hybridized carbons (Fsp3) is 0.310. The van der Waals surface area contributed by atoms with E-state index in [9.17, 15) is 9.59 Å². The predicted octanol–water partition coefficient (Wildman–Crippen LogP) is 4.24. The van der Waals surface area contributed by atoms with Gasteiger partial charge in [0.2, 0.25) is 0 Å². The van der Waals surface area contributed by atoms with Crippen molar-refractivity contribution in [1.82, 2.24) is 15.2 Å². The summed E-state index contributed by atoms with van der Waals surface area (Å²) < 4.78 is 5.62. The number of carbonyl (C=O) groups excluding carboxylic acids is 2. The van der Waals surface area contributed by atoms with E-state index in [1.807, 2.05) is 49.1 Å². The van der Waals surface area contributed by atoms with Gasteiger partial charge in [-0.1, -0.05) is 29.8 Å². The first-order chi connectivity index (χ1) is 18.3. The van der Waals surface area contributed by atoms with Crippen molar-refractivity contribution < 1.29 is 14.0 Å². The Kier molecular flexibility index (Phi) is 8.70. The number of hydrogen-bond donors (Lipinski definition) is 3. The largest absolute Gasteiger partial charge is 0.423 e. The molecule has 0 unspecified atom stereocenters. The fourth-order valence-electron chi connectivity index (χ4n) is 4.15. The van der Waals surface area contributed by atoms with Gasteiger partial charge in [0.25, 0.3) is 11.8 Å². The maximum Gasteiger partial charge on any atom is 0.302 e. The summed E-state index contributed by atoms with van der Waals surface area (Å²) in [6, 6.07) is 14.6. The number of carbonyl (C=O) groups is 2. The molecule has 0 radical (unpaired) electrons. The van der Waals surface area contributed by atoms with Crippen LogP contribution in [0.5, 0.6) is 0 Å². The normalized spacial score (nSPS) is 15.3. The zero-order valence-corrected chi connectivity index (χ0v) is 22.1. The Balaban J connectivity index is 1.58. The number of rotatable bonds is 6. The van der Waals surface area contributed by atoms with Crippen molar-refractivity contribution in [2.45, 2.75) is 33.6 Å². The van der Waals surface area contributed by atoms with E-state index in [1.54, 1.807) is 31.2 Å². The molecule has 2 amide bonds. The molecule has 4 rings (SSSR count). The number of para-hydroxylation sites is 2. The van der Waals surface area contributed by atoms with Crippen LogP contribution in [0.4, 0.5) is 6.01 Å². The lowest BCUT2D eigenvalue weighted by Gasteiger charge is -2.25. The minimum atomic E-state index is -0.534. The second-order valence-electron chi connectivity index (χ2n) is 9.52. The second-order valence-corrected chi connectivity index (χ2v) is 9.52. The Morgan fingerprint density at radius 3 is 2.47 bits per heavy atom. The first-order valence-electron chi connectivity index (χ1n) is 12.8. The molecular weight excluding hydrogens is 480 g/mol. The van der Waals surface area contributed by atoms with Gasteiger partial charge >= 0.3 is 6.01 Å². The SMILES string of the molecule is CC(C)=CC(=N/C(C(=O)Nc1nc2ccccc2o1)=C(\C)N)c1ccc(C(=O)N2CCCCNCC2)cc1. The molecule has 2 heterocycles. The molecular formula is C29H34N6O3. The monoisotopic (exact) mass is 514 g/mol. The van der Waals surface area contributed by atoms with E-state index >= 15 is 0 Å². The van der Waals surface area contributed by atoms with E-state index in [2.05, 4.69) is 20.6 Å². The molecule has 3 aromatic rings. The number of aromatic nitrogens is 1. The molecule has 2 aromatic carbocycles. The Morgan fingerprint density at radius 1 is 1.03 bits per heavy atom. The van der Waals surface area contributed by atoms with Gasteiger partial charge in [-0.3, -0.25) is 14.9 Å². The highest BCUT2D eigenvalue weighted by atomic mass is 16.4. The second kappa shape index (κ2) is 12.3. The molecule has 9 nitrogen and oxygen atoms in total. The lowest BCUT2D eigenvalue weighted by atomic mass is 10.0. The zero-order chi connectivity index (χ0) is 27.1. The van der Waals surface area contributed by atoms with Gasteiger partial charge in [-0.15, -0.1) is 0 Å². The number of anilines is 1. The average Bonchev–Trinajstić information content (AvgIpc) is 3.28. The predicted molar refractivity (Wildman–Crippen MR) is 150 cm³/mol. The molecule has 198 valence electrons. The Hall–Kier alpha value is -4.24. The first-order valence-corrected chi connectivity index (χ1v) is 12.8. The number of nitrogens with zero attached hydrogens (tertiary/aromatic N) is 3. The maximum absolute atomic E-state index is 13.1. The third kappa shape index (κ3) is 6.74. The molecule has 0 spiro atoms. The first kappa shape index (κ1) is 26.8. The van der Waals surface area contributed by atoms with Gasteiger partial charge in [0, 0.05) is 36.5 Å². The summed E-state index contributed by atoms with van der Waals surface area (Å²) in [6.45, 7) is 8.73. The highest BCUT2D eigenvalue weighted by molar-refractivity contribution is 6.13. The molecule has 4 N–H and O–H groups in total. The van der Waals surface area contributed by atoms with E-state index in [0.29, 0.717) is 28.9 Å². The smallest absolute Gasteiger partial charge is 0.302 e. The van der Waals surface area contributed by atoms with Crippen molar-refractivity contribution in [2.75, 3.05) is 31.5 Å². The molecule has 0 aliphatic carbocycles. The molecule has 1 aliphatic heterocycles. The molecule has 1 saturated heterocycles. The summed E-state index contributed by atoms with van der Waals surface area (Å²) in [4.78, 5) is 37.0. The lowest BCUT2D eigenvalue weighted by molar-refractivity contribution is -0.113. The summed E-state index contributed by atoms with van der Waals surface area (Å²) in [5, 5.41) is 6.01. The van der Waals surface area contributed by atoms with E-state index in [4.69, 9.17) is 10.2 Å². The van der Waals surface area contributed by atoms with Crippen molar-refractivity contribution in [1.29, 1.82) is 0 Å². The number of hydrogen-bond acceptors (Lipinski definition) is 7. The van der Waals surface area contributed by atoms with Gasteiger partial charge in [-0.05, 0) is 70.5 Å². The van der Waals surface area contributed by atoms with Crippen LogP contribution in [0, 0.1) is 0 Å². The van der Waals surface area contributed by atoms with E-state index < -0.39 is 5.91 Å². The zero-order valence-electron chi connectivity index (χ0n) is 22.1. The van der Waals surface area contributed by atoms with Crippen LogP contribution in [0.3, 0.4) is 0 Å². The van der Waals surface area contributed by atoms with Crippen molar-refractivity contribution in [3.63, 3.8) is 0 Å². The summed E-state index contributed by atoms with van der Waals surface area (Å²) in [6.07, 6.45) is 3.91. The average molecular weight is 515 g/mol. The van der Waals surface area contributed by atoms with E-state index in [1.165, 1.54) is 0 Å². The minimum absolute atomic E-state index is 0.0112. The minimum Gasteiger partial charge on any atom is -0.423 e. The van der Waals surface area contributed by atoms with Crippen LogP contribution in [-0.2, 0) is 4.79 Å². The summed E-state index contributed by atoms with van der Waals surface area (Å²) >= 11 is 0. The summed E-state index contributed by atoms with van der Waals surface area (Å²) in [5.41, 5.74) is 10.5. The van der Waals surface area contributed by atoms with Gasteiger partial charge in [0.05, 0.1) is 5.71 Å². The summed E-state index contributed by atoms with van der Waals surface area (Å²) in [5.74, 6) is -0.522. The fourth-order valence-corrected chi connectivity index (χ4v) is 4.15. The van der Waals surface area contributed by atoms with Crippen LogP contribution in [0.1, 0.15) is 49.5 Å². The Labute approximate surface area is 222 Å². The van der Waals surface area contributed by atoms with Gasteiger partial charge in [-0.2, -0.15) is 4.98 Å². The van der Waals surface area contributed by atoms with Crippen LogP contribution in [-0.4, -0.2) is 53.6 Å². The highest BCUT2D eigenvalue weighted by Gasteiger charge is 2.19. The van der Waals surface area contributed by atoms with Gasteiger partial charge in [0.15, 0.2) is 5.58 Å². The molecule has 1 aliphatic rings. The number of nitrogens with one attached hydrogen (secondary N) is 2. The van der Waals surface area contributed by atoms with Crippen LogP contribution in [0.2, 0.25) is 0 Å². The molecule has 0 atom stereocenters. The topological polar surface area (TPSA) is 126 Å². The van der Waals surface area contributed by atoms with Crippen molar-refractivity contribution in [3.8, 4) is 0 Å². The molecule has 1 fully saturated rings. The van der Waals surface area contributed by atoms with Crippen molar-refractivity contribution in [2.24, 2.45) is 10.7 Å². The van der Waals surface area contributed by atoms with E-state index in [-0.39, 0.29) is 23.3 Å². The van der Waals surface area contributed by atoms with Gasteiger partial charge in [0.1, 0.15) is 11.2 Å². The Morgan fingerprint density at radius 2 is 1.76 bits per heavy atom. The maximum atomic E-state index is 13.1. The Bertz CT molecular complexity index is 1350. The standard InChI is InChI=1S/C29H34N6O3/c1-19(2)18-24(21-10-12-22(13-11-21)28(37)35-16-7-6-14-31-15-17-35)32-26(20(3)30)27(36)34-29-33-23-8-4-5-9-25(23)38-29/h4-5,8-13,18,31H,6-7,14-17,30H2,1-3H3,(H,33,34,36)/b26-20+,32-24?. The van der Waals surface area contributed by atoms with Crippen LogP contribution < -0.4 is 16.4 Å². The van der Waals surface area contributed by atoms with Gasteiger partial charge in [-0.25, -0.2) is 4.99 Å². The third-order valence-electron chi connectivity index (χ3n) is 6.07. The van der Waals surface area contributed by atoms with Crippen LogP contribution >= 0.6 is 0 Å². The number of oxazole rings is 1. The number of amides is 2. The number of benzene rings is 2. The lowest BCUT2D eigenvalue weighted by Crippen LogP contribution is -2.39. The molecule has 0 saturated carbocycles.